The van der Waals surface area contributed by atoms with E-state index in [0.717, 1.165) is 11.4 Å². The quantitative estimate of drug-likeness (QED) is 0.789. The van der Waals surface area contributed by atoms with Crippen molar-refractivity contribution in [3.8, 4) is 5.75 Å². The van der Waals surface area contributed by atoms with Crippen LogP contribution in [0.4, 0.5) is 5.69 Å². The van der Waals surface area contributed by atoms with Crippen molar-refractivity contribution in [3.05, 3.63) is 72.3 Å². The Bertz CT molecular complexity index is 627. The predicted octanol–water partition coefficient (Wildman–Crippen LogP) is 4.63. The number of nitrogens with one attached hydrogen (secondary N) is 1. The Morgan fingerprint density at radius 3 is 2.32 bits per heavy atom. The molecule has 3 heteroatoms. The molecule has 2 rings (SSSR count). The highest BCUT2D eigenvalue weighted by Crippen LogP contribution is 2.18. The van der Waals surface area contributed by atoms with Crippen LogP contribution in [0.15, 0.2) is 61.2 Å². The third-order valence-corrected chi connectivity index (χ3v) is 3.32. The third kappa shape index (κ3) is 4.22. The van der Waals surface area contributed by atoms with Crippen molar-refractivity contribution in [2.24, 2.45) is 0 Å². The van der Waals surface area contributed by atoms with E-state index in [0.29, 0.717) is 18.1 Å². The van der Waals surface area contributed by atoms with Gasteiger partial charge in [0, 0.05) is 11.3 Å². The van der Waals surface area contributed by atoms with Gasteiger partial charge in [0.05, 0.1) is 0 Å². The number of hydrogen-bond donors (Lipinski definition) is 1. The number of carbonyl (C=O) groups excluding carboxylic acids is 1. The standard InChI is InChI=1S/C19H21NO2/c1-4-13-22-18-11-9-17(10-12-18)20-19(21)16-7-5-15(6-8-16)14(2)3/h4-12,14H,1,13H2,2-3H3,(H,20,21). The number of anilines is 1. The first-order valence-electron chi connectivity index (χ1n) is 7.35. The maximum atomic E-state index is 12.2. The van der Waals surface area contributed by atoms with Gasteiger partial charge in [-0.1, -0.05) is 38.6 Å². The Morgan fingerprint density at radius 2 is 1.77 bits per heavy atom. The van der Waals surface area contributed by atoms with E-state index in [1.54, 1.807) is 6.08 Å². The summed E-state index contributed by atoms with van der Waals surface area (Å²) < 4.78 is 5.40. The van der Waals surface area contributed by atoms with Crippen LogP contribution >= 0.6 is 0 Å². The molecule has 0 saturated carbocycles. The van der Waals surface area contributed by atoms with Crippen molar-refractivity contribution in [3.63, 3.8) is 0 Å². The van der Waals surface area contributed by atoms with Crippen molar-refractivity contribution in [2.45, 2.75) is 19.8 Å². The Morgan fingerprint density at radius 1 is 1.14 bits per heavy atom. The SMILES string of the molecule is C=CCOc1ccc(NC(=O)c2ccc(C(C)C)cc2)cc1. The number of rotatable bonds is 6. The Kier molecular flexibility index (Phi) is 5.37. The molecule has 0 atom stereocenters. The van der Waals surface area contributed by atoms with Crippen LogP contribution in [0.25, 0.3) is 0 Å². The second kappa shape index (κ2) is 7.46. The summed E-state index contributed by atoms with van der Waals surface area (Å²) in [5.74, 6) is 1.09. The van der Waals surface area contributed by atoms with E-state index in [2.05, 4.69) is 25.7 Å². The van der Waals surface area contributed by atoms with Gasteiger partial charge in [0.15, 0.2) is 0 Å². The van der Waals surface area contributed by atoms with E-state index >= 15 is 0 Å². The molecule has 0 saturated heterocycles. The van der Waals surface area contributed by atoms with Gasteiger partial charge in [-0.25, -0.2) is 0 Å². The van der Waals surface area contributed by atoms with Crippen LogP contribution in [-0.4, -0.2) is 12.5 Å². The third-order valence-electron chi connectivity index (χ3n) is 3.32. The molecule has 0 spiro atoms. The summed E-state index contributed by atoms with van der Waals surface area (Å²) in [6.45, 7) is 8.33. The molecule has 0 aliphatic carbocycles. The zero-order valence-electron chi connectivity index (χ0n) is 13.0. The van der Waals surface area contributed by atoms with E-state index in [1.807, 2.05) is 48.5 Å². The smallest absolute Gasteiger partial charge is 0.255 e. The number of carbonyl (C=O) groups is 1. The maximum Gasteiger partial charge on any atom is 0.255 e. The average Bonchev–Trinajstić information content (AvgIpc) is 2.54. The molecular formula is C19H21NO2. The Labute approximate surface area is 131 Å². The highest BCUT2D eigenvalue weighted by atomic mass is 16.5. The van der Waals surface area contributed by atoms with E-state index in [1.165, 1.54) is 5.56 Å². The van der Waals surface area contributed by atoms with Gasteiger partial charge in [-0.2, -0.15) is 0 Å². The van der Waals surface area contributed by atoms with Crippen LogP contribution in [0.1, 0.15) is 35.7 Å². The van der Waals surface area contributed by atoms with Crippen LogP contribution < -0.4 is 10.1 Å². The second-order valence-electron chi connectivity index (χ2n) is 5.35. The molecule has 0 unspecified atom stereocenters. The fourth-order valence-electron chi connectivity index (χ4n) is 2.01. The minimum atomic E-state index is -0.116. The first-order chi connectivity index (χ1) is 10.6. The lowest BCUT2D eigenvalue weighted by atomic mass is 10.0. The summed E-state index contributed by atoms with van der Waals surface area (Å²) in [6.07, 6.45) is 1.69. The lowest BCUT2D eigenvalue weighted by Gasteiger charge is -2.09. The summed E-state index contributed by atoms with van der Waals surface area (Å²) in [6, 6.07) is 15.0. The molecule has 1 N–H and O–H groups in total. The molecule has 0 fully saturated rings. The second-order valence-corrected chi connectivity index (χ2v) is 5.35. The number of ether oxygens (including phenoxy) is 1. The molecule has 1 amide bonds. The highest BCUT2D eigenvalue weighted by Gasteiger charge is 2.07. The van der Waals surface area contributed by atoms with Crippen LogP contribution in [0, 0.1) is 0 Å². The molecule has 0 heterocycles. The first-order valence-corrected chi connectivity index (χ1v) is 7.35. The lowest BCUT2D eigenvalue weighted by molar-refractivity contribution is 0.102. The molecule has 2 aromatic rings. The van der Waals surface area contributed by atoms with Gasteiger partial charge in [-0.15, -0.1) is 0 Å². The number of hydrogen-bond acceptors (Lipinski definition) is 2. The van der Waals surface area contributed by atoms with Gasteiger partial charge in [-0.3, -0.25) is 4.79 Å². The summed E-state index contributed by atoms with van der Waals surface area (Å²) in [5.41, 5.74) is 2.61. The largest absolute Gasteiger partial charge is 0.490 e. The van der Waals surface area contributed by atoms with E-state index in [-0.39, 0.29) is 5.91 Å². The number of benzene rings is 2. The van der Waals surface area contributed by atoms with Crippen molar-refractivity contribution in [1.82, 2.24) is 0 Å². The fraction of sp³-hybridized carbons (Fsp3) is 0.211. The predicted molar refractivity (Wildman–Crippen MR) is 90.6 cm³/mol. The summed E-state index contributed by atoms with van der Waals surface area (Å²) in [7, 11) is 0. The van der Waals surface area contributed by atoms with Gasteiger partial charge in [0.1, 0.15) is 12.4 Å². The summed E-state index contributed by atoms with van der Waals surface area (Å²) in [5, 5.41) is 2.88. The minimum absolute atomic E-state index is 0.116. The molecule has 2 aromatic carbocycles. The monoisotopic (exact) mass is 295 g/mol. The first kappa shape index (κ1) is 15.8. The lowest BCUT2D eigenvalue weighted by Crippen LogP contribution is -2.11. The van der Waals surface area contributed by atoms with E-state index in [9.17, 15) is 4.79 Å². The molecule has 0 radical (unpaired) electrons. The van der Waals surface area contributed by atoms with Gasteiger partial charge in [0.25, 0.3) is 5.91 Å². The van der Waals surface area contributed by atoms with Gasteiger partial charge in [0.2, 0.25) is 0 Å². The van der Waals surface area contributed by atoms with E-state index in [4.69, 9.17) is 4.74 Å². The van der Waals surface area contributed by atoms with Crippen molar-refractivity contribution < 1.29 is 9.53 Å². The van der Waals surface area contributed by atoms with Crippen molar-refractivity contribution >= 4 is 11.6 Å². The molecule has 22 heavy (non-hydrogen) atoms. The molecule has 0 aliphatic rings. The molecule has 0 aliphatic heterocycles. The van der Waals surface area contributed by atoms with Gasteiger partial charge < -0.3 is 10.1 Å². The average molecular weight is 295 g/mol. The normalized spacial score (nSPS) is 10.3. The molecule has 0 aromatic heterocycles. The molecule has 114 valence electrons. The van der Waals surface area contributed by atoms with E-state index < -0.39 is 0 Å². The Hall–Kier alpha value is -2.55. The molecule has 3 nitrogen and oxygen atoms in total. The topological polar surface area (TPSA) is 38.3 Å². The zero-order chi connectivity index (χ0) is 15.9. The van der Waals surface area contributed by atoms with Crippen LogP contribution in [0.5, 0.6) is 5.75 Å². The van der Waals surface area contributed by atoms with Crippen LogP contribution in [0.2, 0.25) is 0 Å². The van der Waals surface area contributed by atoms with Crippen LogP contribution in [0.3, 0.4) is 0 Å². The van der Waals surface area contributed by atoms with Gasteiger partial charge >= 0.3 is 0 Å². The zero-order valence-corrected chi connectivity index (χ0v) is 13.0. The summed E-state index contributed by atoms with van der Waals surface area (Å²) in [4.78, 5) is 12.2. The minimum Gasteiger partial charge on any atom is -0.490 e. The molecule has 0 bridgehead atoms. The summed E-state index contributed by atoms with van der Waals surface area (Å²) >= 11 is 0. The highest BCUT2D eigenvalue weighted by molar-refractivity contribution is 6.04. The van der Waals surface area contributed by atoms with Crippen LogP contribution in [-0.2, 0) is 0 Å². The maximum absolute atomic E-state index is 12.2. The van der Waals surface area contributed by atoms with Gasteiger partial charge in [-0.05, 0) is 47.9 Å². The fourth-order valence-corrected chi connectivity index (χ4v) is 2.01. The van der Waals surface area contributed by atoms with Crippen molar-refractivity contribution in [2.75, 3.05) is 11.9 Å². The Balaban J connectivity index is 2.00. The van der Waals surface area contributed by atoms with Crippen molar-refractivity contribution in [1.29, 1.82) is 0 Å². The number of amides is 1. The molecular weight excluding hydrogens is 274 g/mol.